The van der Waals surface area contributed by atoms with Crippen molar-refractivity contribution in [2.75, 3.05) is 6.54 Å². The van der Waals surface area contributed by atoms with E-state index in [1.807, 2.05) is 48.0 Å². The fourth-order valence-corrected chi connectivity index (χ4v) is 4.24. The molecule has 3 heterocycles. The summed E-state index contributed by atoms with van der Waals surface area (Å²) < 4.78 is 1.91. The van der Waals surface area contributed by atoms with E-state index in [2.05, 4.69) is 9.97 Å². The molecule has 1 aromatic carbocycles. The van der Waals surface area contributed by atoms with Crippen LogP contribution in [0.25, 0.3) is 27.9 Å². The van der Waals surface area contributed by atoms with Gasteiger partial charge in [0, 0.05) is 24.7 Å². The van der Waals surface area contributed by atoms with Crippen LogP contribution in [0.15, 0.2) is 47.1 Å². The molecule has 4 rings (SSSR count). The lowest BCUT2D eigenvalue weighted by atomic mass is 9.95. The molecule has 0 aliphatic carbocycles. The third kappa shape index (κ3) is 2.96. The fourth-order valence-electron chi connectivity index (χ4n) is 3.33. The average molecular weight is 403 g/mol. The molecular formula is C21H17N5O2S. The van der Waals surface area contributed by atoms with Crippen LogP contribution in [0.3, 0.4) is 0 Å². The number of thiazole rings is 1. The number of amides is 2. The zero-order chi connectivity index (χ0) is 20.7. The lowest BCUT2D eigenvalue weighted by Crippen LogP contribution is -2.42. The van der Waals surface area contributed by atoms with Crippen molar-refractivity contribution in [3.63, 3.8) is 0 Å². The van der Waals surface area contributed by atoms with Gasteiger partial charge in [0.05, 0.1) is 0 Å². The van der Waals surface area contributed by atoms with Gasteiger partial charge in [-0.1, -0.05) is 41.7 Å². The Labute approximate surface area is 171 Å². The molecule has 0 atom stereocenters. The summed E-state index contributed by atoms with van der Waals surface area (Å²) >= 11 is 1.36. The zero-order valence-electron chi connectivity index (χ0n) is 16.1. The lowest BCUT2D eigenvalue weighted by molar-refractivity contribution is -0.140. The number of benzene rings is 1. The maximum Gasteiger partial charge on any atom is 0.271 e. The minimum atomic E-state index is -0.548. The Morgan fingerprint density at radius 3 is 2.52 bits per heavy atom. The molecule has 0 saturated carbocycles. The third-order valence-corrected chi connectivity index (χ3v) is 5.78. The number of fused-ring (bicyclic) bond motifs is 1. The Bertz CT molecular complexity index is 1260. The number of aryl methyl sites for hydroxylation is 1. The lowest BCUT2D eigenvalue weighted by Gasteiger charge is -2.25. The van der Waals surface area contributed by atoms with E-state index < -0.39 is 11.8 Å². The van der Waals surface area contributed by atoms with Crippen LogP contribution in [0.1, 0.15) is 18.9 Å². The number of carbonyl (C=O) groups is 2. The van der Waals surface area contributed by atoms with E-state index in [1.54, 1.807) is 19.9 Å². The summed E-state index contributed by atoms with van der Waals surface area (Å²) in [5.74, 6) is -0.141. The van der Waals surface area contributed by atoms with Gasteiger partial charge in [-0.2, -0.15) is 5.26 Å². The van der Waals surface area contributed by atoms with Crippen LogP contribution in [0.2, 0.25) is 0 Å². The Balaban J connectivity index is 1.80. The van der Waals surface area contributed by atoms with Gasteiger partial charge in [-0.05, 0) is 25.5 Å². The molecule has 3 aromatic rings. The molecule has 2 amide bonds. The van der Waals surface area contributed by atoms with E-state index in [1.165, 1.54) is 11.3 Å². The number of hydrogen-bond donors (Lipinski definition) is 0. The van der Waals surface area contributed by atoms with Gasteiger partial charge in [-0.25, -0.2) is 9.97 Å². The predicted molar refractivity (Wildman–Crippen MR) is 111 cm³/mol. The predicted octanol–water partition coefficient (Wildman–Crippen LogP) is 3.31. The Morgan fingerprint density at radius 1 is 1.17 bits per heavy atom. The summed E-state index contributed by atoms with van der Waals surface area (Å²) in [5.41, 5.74) is 2.39. The van der Waals surface area contributed by atoms with Crippen LogP contribution in [0.4, 0.5) is 0 Å². The summed E-state index contributed by atoms with van der Waals surface area (Å²) in [7, 11) is 1.90. The quantitative estimate of drug-likeness (QED) is 0.494. The van der Waals surface area contributed by atoms with Crippen LogP contribution < -0.4 is 0 Å². The first kappa shape index (κ1) is 18.8. The number of rotatable bonds is 3. The first-order valence-electron chi connectivity index (χ1n) is 9.04. The van der Waals surface area contributed by atoms with Crippen LogP contribution in [-0.2, 0) is 16.6 Å². The van der Waals surface area contributed by atoms with Crippen molar-refractivity contribution >= 4 is 39.7 Å². The van der Waals surface area contributed by atoms with Gasteiger partial charge in [-0.3, -0.25) is 14.5 Å². The Kier molecular flexibility index (Phi) is 4.60. The van der Waals surface area contributed by atoms with E-state index in [0.717, 1.165) is 26.8 Å². The van der Waals surface area contributed by atoms with Gasteiger partial charge in [0.1, 0.15) is 22.5 Å². The van der Waals surface area contributed by atoms with E-state index in [4.69, 9.17) is 0 Å². The molecule has 8 heteroatoms. The number of imide groups is 1. The SMILES string of the molecule is CCN1C(=O)C(C#N)=C(C)/C(=C/c2nc3c(nc(-c4ccccc4)n3C)s2)C1=O. The van der Waals surface area contributed by atoms with Crippen molar-refractivity contribution < 1.29 is 9.59 Å². The highest BCUT2D eigenvalue weighted by Gasteiger charge is 2.34. The molecular weight excluding hydrogens is 386 g/mol. The van der Waals surface area contributed by atoms with Crippen LogP contribution >= 0.6 is 11.3 Å². The zero-order valence-corrected chi connectivity index (χ0v) is 16.9. The second kappa shape index (κ2) is 7.11. The average Bonchev–Trinajstić information content (AvgIpc) is 3.25. The summed E-state index contributed by atoms with van der Waals surface area (Å²) in [5, 5.41) is 9.95. The summed E-state index contributed by atoms with van der Waals surface area (Å²) in [6.07, 6.45) is 1.64. The van der Waals surface area contributed by atoms with Crippen molar-refractivity contribution in [3.05, 3.63) is 52.1 Å². The first-order chi connectivity index (χ1) is 14.0. The normalized spacial score (nSPS) is 16.2. The Morgan fingerprint density at radius 2 is 1.90 bits per heavy atom. The van der Waals surface area contributed by atoms with Gasteiger partial charge in [0.25, 0.3) is 11.8 Å². The van der Waals surface area contributed by atoms with Crippen molar-refractivity contribution in [2.24, 2.45) is 7.05 Å². The molecule has 0 N–H and O–H groups in total. The second-order valence-electron chi connectivity index (χ2n) is 6.57. The number of nitriles is 1. The Hall–Kier alpha value is -3.57. The molecule has 0 saturated heterocycles. The van der Waals surface area contributed by atoms with Crippen molar-refractivity contribution in [1.82, 2.24) is 19.4 Å². The molecule has 0 spiro atoms. The molecule has 0 unspecified atom stereocenters. The maximum absolute atomic E-state index is 12.8. The van der Waals surface area contributed by atoms with Crippen LogP contribution in [0, 0.1) is 11.3 Å². The molecule has 1 aliphatic heterocycles. The second-order valence-corrected chi connectivity index (χ2v) is 7.57. The van der Waals surface area contributed by atoms with Crippen LogP contribution in [0.5, 0.6) is 0 Å². The van der Waals surface area contributed by atoms with E-state index in [9.17, 15) is 14.9 Å². The molecule has 0 bridgehead atoms. The van der Waals surface area contributed by atoms with Crippen molar-refractivity contribution in [1.29, 1.82) is 5.26 Å². The molecule has 0 radical (unpaired) electrons. The van der Waals surface area contributed by atoms with Gasteiger partial charge in [0.15, 0.2) is 10.5 Å². The maximum atomic E-state index is 12.8. The van der Waals surface area contributed by atoms with Gasteiger partial charge < -0.3 is 4.57 Å². The molecule has 1 aliphatic rings. The monoisotopic (exact) mass is 403 g/mol. The number of carbonyl (C=O) groups excluding carboxylic acids is 2. The van der Waals surface area contributed by atoms with Crippen LogP contribution in [-0.4, -0.2) is 37.8 Å². The van der Waals surface area contributed by atoms with Gasteiger partial charge >= 0.3 is 0 Å². The van der Waals surface area contributed by atoms with E-state index in [-0.39, 0.29) is 12.1 Å². The molecule has 2 aromatic heterocycles. The highest BCUT2D eigenvalue weighted by molar-refractivity contribution is 7.18. The summed E-state index contributed by atoms with van der Waals surface area (Å²) in [6, 6.07) is 11.8. The minimum absolute atomic E-state index is 0.0108. The molecule has 29 heavy (non-hydrogen) atoms. The smallest absolute Gasteiger partial charge is 0.271 e. The topological polar surface area (TPSA) is 91.9 Å². The highest BCUT2D eigenvalue weighted by atomic mass is 32.1. The largest absolute Gasteiger partial charge is 0.311 e. The number of hydrogen-bond acceptors (Lipinski definition) is 6. The number of likely N-dealkylation sites (N-methyl/N-ethyl adjacent to an activating group) is 1. The first-order valence-corrected chi connectivity index (χ1v) is 9.85. The van der Waals surface area contributed by atoms with E-state index >= 15 is 0 Å². The molecule has 0 fully saturated rings. The van der Waals surface area contributed by atoms with Gasteiger partial charge in [0.2, 0.25) is 0 Å². The molecule has 7 nitrogen and oxygen atoms in total. The highest BCUT2D eigenvalue weighted by Crippen LogP contribution is 2.31. The van der Waals surface area contributed by atoms with E-state index in [0.29, 0.717) is 16.2 Å². The minimum Gasteiger partial charge on any atom is -0.311 e. The molecule has 144 valence electrons. The van der Waals surface area contributed by atoms with Crippen molar-refractivity contribution in [3.8, 4) is 17.5 Å². The third-order valence-electron chi connectivity index (χ3n) is 4.89. The summed E-state index contributed by atoms with van der Waals surface area (Å²) in [6.45, 7) is 3.53. The fraction of sp³-hybridized carbons (Fsp3) is 0.190. The van der Waals surface area contributed by atoms with Crippen molar-refractivity contribution in [2.45, 2.75) is 13.8 Å². The summed E-state index contributed by atoms with van der Waals surface area (Å²) in [4.78, 5) is 36.2. The van der Waals surface area contributed by atoms with Gasteiger partial charge in [-0.15, -0.1) is 0 Å². The standard InChI is InChI=1S/C21H17N5O2S/c1-4-26-20(27)14(12(2)15(11-22)21(26)28)10-16-23-18-19(29-16)24-17(25(18)3)13-8-6-5-7-9-13/h5-10H,4H2,1-3H3/b14-10-. The number of nitrogens with zero attached hydrogens (tertiary/aromatic N) is 5. The number of aromatic nitrogens is 3. The number of imidazole rings is 1.